The van der Waals surface area contributed by atoms with Crippen LogP contribution in [0, 0.1) is 18.8 Å². The van der Waals surface area contributed by atoms with Gasteiger partial charge < -0.3 is 0 Å². The van der Waals surface area contributed by atoms with Crippen LogP contribution in [-0.4, -0.2) is 0 Å². The third-order valence-corrected chi connectivity index (χ3v) is 2.89. The monoisotopic (exact) mass is 169 g/mol. The molecule has 0 heteroatoms. The zero-order chi connectivity index (χ0) is 9.40. The van der Waals surface area contributed by atoms with E-state index in [1.54, 1.807) is 0 Å². The molecule has 0 amide bonds. The highest BCUT2D eigenvalue weighted by Crippen LogP contribution is 2.21. The molecule has 0 rings (SSSR count). The summed E-state index contributed by atoms with van der Waals surface area (Å²) in [4.78, 5) is 0. The summed E-state index contributed by atoms with van der Waals surface area (Å²) in [5, 5.41) is 0. The Hall–Kier alpha value is 0. The second-order valence-corrected chi connectivity index (χ2v) is 4.09. The number of hydrogen-bond donors (Lipinski definition) is 0. The van der Waals surface area contributed by atoms with Crippen molar-refractivity contribution in [2.24, 2.45) is 11.8 Å². The number of hydrogen-bond acceptors (Lipinski definition) is 0. The van der Waals surface area contributed by atoms with Gasteiger partial charge >= 0.3 is 0 Å². The zero-order valence-corrected chi connectivity index (χ0v) is 9.10. The van der Waals surface area contributed by atoms with Gasteiger partial charge in [0.2, 0.25) is 0 Å². The van der Waals surface area contributed by atoms with E-state index >= 15 is 0 Å². The minimum absolute atomic E-state index is 0.874. The molecule has 0 aromatic carbocycles. The molecule has 0 fully saturated rings. The second kappa shape index (κ2) is 7.64. The van der Waals surface area contributed by atoms with Gasteiger partial charge in [-0.15, -0.1) is 0 Å². The summed E-state index contributed by atoms with van der Waals surface area (Å²) < 4.78 is 0. The third-order valence-electron chi connectivity index (χ3n) is 2.89. The lowest BCUT2D eigenvalue weighted by Gasteiger charge is -2.18. The largest absolute Gasteiger partial charge is 0.0654 e. The molecule has 1 radical (unpaired) electrons. The van der Waals surface area contributed by atoms with Gasteiger partial charge in [0, 0.05) is 0 Å². The lowest BCUT2D eigenvalue weighted by atomic mass is 9.88. The molecule has 12 heavy (non-hydrogen) atoms. The maximum atomic E-state index is 3.90. The molecule has 0 bridgehead atoms. The highest BCUT2D eigenvalue weighted by atomic mass is 14.2. The topological polar surface area (TPSA) is 0 Å². The average molecular weight is 169 g/mol. The van der Waals surface area contributed by atoms with Crippen molar-refractivity contribution >= 4 is 0 Å². The molecule has 2 atom stereocenters. The summed E-state index contributed by atoms with van der Waals surface area (Å²) in [6, 6.07) is 0. The quantitative estimate of drug-likeness (QED) is 0.494. The summed E-state index contributed by atoms with van der Waals surface area (Å²) in [5.41, 5.74) is 0. The van der Waals surface area contributed by atoms with Crippen molar-refractivity contribution in [1.29, 1.82) is 0 Å². The summed E-state index contributed by atoms with van der Waals surface area (Å²) in [7, 11) is 0. The van der Waals surface area contributed by atoms with Crippen LogP contribution in [0.4, 0.5) is 0 Å². The molecular weight excluding hydrogens is 144 g/mol. The Morgan fingerprint density at radius 2 is 1.58 bits per heavy atom. The van der Waals surface area contributed by atoms with Crippen molar-refractivity contribution in [1.82, 2.24) is 0 Å². The van der Waals surface area contributed by atoms with Crippen LogP contribution in [0.1, 0.15) is 59.3 Å². The Balaban J connectivity index is 3.35. The van der Waals surface area contributed by atoms with Crippen molar-refractivity contribution in [3.05, 3.63) is 6.92 Å². The number of rotatable bonds is 7. The van der Waals surface area contributed by atoms with Crippen LogP contribution in [0.3, 0.4) is 0 Å². The van der Waals surface area contributed by atoms with Gasteiger partial charge in [0.15, 0.2) is 0 Å². The first-order chi connectivity index (χ1) is 5.72. The third kappa shape index (κ3) is 5.62. The van der Waals surface area contributed by atoms with Crippen molar-refractivity contribution in [2.45, 2.75) is 59.3 Å². The minimum atomic E-state index is 0.874. The fourth-order valence-electron chi connectivity index (χ4n) is 1.61. The average Bonchev–Trinajstić information content (AvgIpc) is 2.05. The van der Waals surface area contributed by atoms with Crippen molar-refractivity contribution < 1.29 is 0 Å². The van der Waals surface area contributed by atoms with E-state index < -0.39 is 0 Å². The molecule has 0 heterocycles. The molecule has 0 nitrogen and oxygen atoms in total. The van der Waals surface area contributed by atoms with Crippen molar-refractivity contribution in [3.63, 3.8) is 0 Å². The molecule has 2 unspecified atom stereocenters. The summed E-state index contributed by atoms with van der Waals surface area (Å²) in [5.74, 6) is 1.78. The van der Waals surface area contributed by atoms with Crippen LogP contribution in [0.2, 0.25) is 0 Å². The van der Waals surface area contributed by atoms with E-state index in [4.69, 9.17) is 0 Å². The molecule has 0 saturated heterocycles. The first-order valence-corrected chi connectivity index (χ1v) is 5.51. The lowest BCUT2D eigenvalue weighted by molar-refractivity contribution is 0.335. The van der Waals surface area contributed by atoms with Gasteiger partial charge in [0.25, 0.3) is 0 Å². The molecule has 0 aromatic heterocycles. The first-order valence-electron chi connectivity index (χ1n) is 5.51. The van der Waals surface area contributed by atoms with Gasteiger partial charge in [-0.25, -0.2) is 0 Å². The first kappa shape index (κ1) is 12.0. The SMILES string of the molecule is [CH2]CCC(C)C(C)CCCCC. The van der Waals surface area contributed by atoms with Gasteiger partial charge in [-0.1, -0.05) is 66.2 Å². The normalized spacial score (nSPS) is 16.0. The van der Waals surface area contributed by atoms with Crippen LogP contribution in [0.5, 0.6) is 0 Å². The Morgan fingerprint density at radius 3 is 2.08 bits per heavy atom. The van der Waals surface area contributed by atoms with E-state index in [1.165, 1.54) is 32.1 Å². The van der Waals surface area contributed by atoms with Crippen LogP contribution < -0.4 is 0 Å². The highest BCUT2D eigenvalue weighted by molar-refractivity contribution is 4.62. The van der Waals surface area contributed by atoms with E-state index in [0.29, 0.717) is 0 Å². The van der Waals surface area contributed by atoms with E-state index in [-0.39, 0.29) is 0 Å². The summed E-state index contributed by atoms with van der Waals surface area (Å²) in [6.45, 7) is 10.9. The summed E-state index contributed by atoms with van der Waals surface area (Å²) >= 11 is 0. The molecule has 0 spiro atoms. The van der Waals surface area contributed by atoms with Crippen LogP contribution in [-0.2, 0) is 0 Å². The molecule has 0 aromatic rings. The smallest absolute Gasteiger partial charge is 0.0417 e. The molecule has 0 aliphatic rings. The Morgan fingerprint density at radius 1 is 1.00 bits per heavy atom. The predicted octanol–water partition coefficient (Wildman–Crippen LogP) is 4.45. The standard InChI is InChI=1S/C12H25/c1-5-7-8-10-12(4)11(3)9-6-2/h11-12H,2,5-10H2,1,3-4H3. The maximum absolute atomic E-state index is 3.90. The fraction of sp³-hybridized carbons (Fsp3) is 0.917. The molecule has 0 aliphatic heterocycles. The molecule has 0 saturated carbocycles. The minimum Gasteiger partial charge on any atom is -0.0654 e. The maximum Gasteiger partial charge on any atom is -0.0417 e. The van der Waals surface area contributed by atoms with Crippen molar-refractivity contribution in [2.75, 3.05) is 0 Å². The van der Waals surface area contributed by atoms with Gasteiger partial charge in [0.05, 0.1) is 0 Å². The van der Waals surface area contributed by atoms with Crippen LogP contribution in [0.15, 0.2) is 0 Å². The molecule has 0 aliphatic carbocycles. The molecule has 73 valence electrons. The lowest BCUT2D eigenvalue weighted by Crippen LogP contribution is -2.07. The van der Waals surface area contributed by atoms with E-state index in [9.17, 15) is 0 Å². The van der Waals surface area contributed by atoms with E-state index in [0.717, 1.165) is 18.3 Å². The Kier molecular flexibility index (Phi) is 7.64. The van der Waals surface area contributed by atoms with E-state index in [1.807, 2.05) is 0 Å². The van der Waals surface area contributed by atoms with Gasteiger partial charge in [-0.2, -0.15) is 0 Å². The second-order valence-electron chi connectivity index (χ2n) is 4.09. The van der Waals surface area contributed by atoms with Gasteiger partial charge in [-0.05, 0) is 11.8 Å². The predicted molar refractivity (Wildman–Crippen MR) is 57.1 cm³/mol. The zero-order valence-electron chi connectivity index (χ0n) is 9.10. The van der Waals surface area contributed by atoms with Crippen molar-refractivity contribution in [3.8, 4) is 0 Å². The molecular formula is C12H25. The van der Waals surface area contributed by atoms with E-state index in [2.05, 4.69) is 27.7 Å². The summed E-state index contributed by atoms with van der Waals surface area (Å²) in [6.07, 6.45) is 7.97. The van der Waals surface area contributed by atoms with Gasteiger partial charge in [0.1, 0.15) is 0 Å². The fourth-order valence-corrected chi connectivity index (χ4v) is 1.61. The highest BCUT2D eigenvalue weighted by Gasteiger charge is 2.09. The van der Waals surface area contributed by atoms with Gasteiger partial charge in [-0.3, -0.25) is 0 Å². The number of unbranched alkanes of at least 4 members (excludes halogenated alkanes) is 2. The Labute approximate surface area is 78.8 Å². The van der Waals surface area contributed by atoms with Crippen LogP contribution in [0.25, 0.3) is 0 Å². The van der Waals surface area contributed by atoms with Crippen LogP contribution >= 0.6 is 0 Å². The Bertz CT molecular complexity index is 86.0. The molecule has 0 N–H and O–H groups in total.